The van der Waals surface area contributed by atoms with E-state index in [1.807, 2.05) is 0 Å². The molecule has 0 aliphatic carbocycles. The molecule has 0 aliphatic heterocycles. The van der Waals surface area contributed by atoms with Gasteiger partial charge in [-0.15, -0.1) is 0 Å². The third-order valence-corrected chi connectivity index (χ3v) is 2.34. The smallest absolute Gasteiger partial charge is 0.325 e. The number of carbonyl (C=O) groups is 4. The Kier molecular flexibility index (Phi) is 7.71. The highest BCUT2D eigenvalue weighted by atomic mass is 16.5. The Morgan fingerprint density at radius 2 is 1.35 bits per heavy atom. The van der Waals surface area contributed by atoms with Crippen LogP contribution in [0.15, 0.2) is 0 Å². The van der Waals surface area contributed by atoms with E-state index in [0.717, 1.165) is 24.0 Å². The van der Waals surface area contributed by atoms with Gasteiger partial charge in [-0.25, -0.2) is 4.79 Å². The van der Waals surface area contributed by atoms with Crippen LogP contribution in [0.3, 0.4) is 0 Å². The van der Waals surface area contributed by atoms with Crippen LogP contribution < -0.4 is 0 Å². The van der Waals surface area contributed by atoms with Crippen molar-refractivity contribution in [3.63, 3.8) is 0 Å². The molecule has 0 radical (unpaired) electrons. The number of methoxy groups -OCH3 is 2. The zero-order chi connectivity index (χ0) is 15.7. The lowest BCUT2D eigenvalue weighted by molar-refractivity contribution is -0.144. The van der Waals surface area contributed by atoms with E-state index in [2.05, 4.69) is 9.47 Å². The number of urea groups is 1. The summed E-state index contributed by atoms with van der Waals surface area (Å²) in [4.78, 5) is 47.0. The van der Waals surface area contributed by atoms with Gasteiger partial charge < -0.3 is 24.4 Å². The number of hydrogen-bond acceptors (Lipinski definition) is 6. The second kappa shape index (κ2) is 8.73. The molecule has 0 saturated heterocycles. The summed E-state index contributed by atoms with van der Waals surface area (Å²) >= 11 is 0. The number of ether oxygens (including phenoxy) is 2. The minimum absolute atomic E-state index is 0.115. The van der Waals surface area contributed by atoms with Crippen molar-refractivity contribution < 1.29 is 33.8 Å². The van der Waals surface area contributed by atoms with E-state index < -0.39 is 43.6 Å². The molecule has 0 atom stereocenters. The maximum Gasteiger partial charge on any atom is 0.325 e. The van der Waals surface area contributed by atoms with E-state index in [1.54, 1.807) is 6.92 Å². The minimum Gasteiger partial charge on any atom is -0.480 e. The predicted molar refractivity (Wildman–Crippen MR) is 65.9 cm³/mol. The summed E-state index contributed by atoms with van der Waals surface area (Å²) in [5.74, 6) is -2.65. The van der Waals surface area contributed by atoms with Crippen molar-refractivity contribution in [2.75, 3.05) is 40.4 Å². The van der Waals surface area contributed by atoms with Crippen molar-refractivity contribution in [1.29, 1.82) is 0 Å². The summed E-state index contributed by atoms with van der Waals surface area (Å²) in [6, 6.07) is -0.759. The number of esters is 2. The molecule has 114 valence electrons. The number of likely N-dealkylation sites (N-methyl/N-ethyl adjacent to an activating group) is 1. The quantitative estimate of drug-likeness (QED) is 0.608. The van der Waals surface area contributed by atoms with Crippen molar-refractivity contribution in [2.24, 2.45) is 0 Å². The Labute approximate surface area is 116 Å². The molecule has 0 spiro atoms. The van der Waals surface area contributed by atoms with Gasteiger partial charge in [-0.1, -0.05) is 0 Å². The molecule has 0 rings (SSSR count). The number of carboxylic acids is 1. The van der Waals surface area contributed by atoms with Crippen molar-refractivity contribution >= 4 is 23.9 Å². The number of carbonyl (C=O) groups excluding carboxylic acids is 3. The highest BCUT2D eigenvalue weighted by molar-refractivity contribution is 5.86. The van der Waals surface area contributed by atoms with E-state index in [1.165, 1.54) is 0 Å². The van der Waals surface area contributed by atoms with Gasteiger partial charge in [0.2, 0.25) is 0 Å². The lowest BCUT2D eigenvalue weighted by atomic mass is 10.4. The first-order valence-corrected chi connectivity index (χ1v) is 5.74. The average Bonchev–Trinajstić information content (AvgIpc) is 2.42. The second-order valence-electron chi connectivity index (χ2n) is 3.70. The normalized spacial score (nSPS) is 9.55. The van der Waals surface area contributed by atoms with Crippen LogP contribution in [0.2, 0.25) is 0 Å². The maximum atomic E-state index is 12.1. The summed E-state index contributed by atoms with van der Waals surface area (Å²) in [5, 5.41) is 8.71. The molecule has 0 aromatic carbocycles. The van der Waals surface area contributed by atoms with E-state index in [0.29, 0.717) is 0 Å². The van der Waals surface area contributed by atoms with Crippen LogP contribution in [0.25, 0.3) is 0 Å². The average molecular weight is 290 g/mol. The van der Waals surface area contributed by atoms with Gasteiger partial charge in [0.1, 0.15) is 19.6 Å². The van der Waals surface area contributed by atoms with Crippen LogP contribution in [0, 0.1) is 0 Å². The molecule has 1 N–H and O–H groups in total. The van der Waals surface area contributed by atoms with Crippen molar-refractivity contribution in [1.82, 2.24) is 9.80 Å². The molecule has 0 fully saturated rings. The van der Waals surface area contributed by atoms with E-state index >= 15 is 0 Å². The Balaban J connectivity index is 4.96. The van der Waals surface area contributed by atoms with Gasteiger partial charge in [0, 0.05) is 6.54 Å². The summed E-state index contributed by atoms with van der Waals surface area (Å²) < 4.78 is 8.84. The first-order valence-electron chi connectivity index (χ1n) is 5.74. The molecule has 2 amide bonds. The van der Waals surface area contributed by atoms with E-state index in [-0.39, 0.29) is 6.54 Å². The summed E-state index contributed by atoms with van der Waals surface area (Å²) in [7, 11) is 2.27. The Morgan fingerprint density at radius 1 is 0.900 bits per heavy atom. The van der Waals surface area contributed by atoms with Crippen molar-refractivity contribution in [2.45, 2.75) is 6.92 Å². The largest absolute Gasteiger partial charge is 0.480 e. The summed E-state index contributed by atoms with van der Waals surface area (Å²) in [6.45, 7) is 0.217. The zero-order valence-electron chi connectivity index (χ0n) is 11.6. The standard InChI is InChI=1S/C11H18N2O7/c1-4-12(5-8(14)15)11(18)13(6-9(16)19-2)7-10(17)20-3/h4-7H2,1-3H3,(H,14,15). The molecule has 20 heavy (non-hydrogen) atoms. The first kappa shape index (κ1) is 17.7. The van der Waals surface area contributed by atoms with Crippen LogP contribution in [-0.4, -0.2) is 79.2 Å². The third-order valence-electron chi connectivity index (χ3n) is 2.34. The molecular weight excluding hydrogens is 272 g/mol. The fraction of sp³-hybridized carbons (Fsp3) is 0.636. The van der Waals surface area contributed by atoms with Gasteiger partial charge in [0.25, 0.3) is 0 Å². The SMILES string of the molecule is CCN(CC(=O)O)C(=O)N(CC(=O)OC)CC(=O)OC. The van der Waals surface area contributed by atoms with Gasteiger partial charge in [0.05, 0.1) is 14.2 Å². The maximum absolute atomic E-state index is 12.1. The Hall–Kier alpha value is -2.32. The third kappa shape index (κ3) is 6.03. The molecule has 0 aromatic heterocycles. The number of carboxylic acid groups (broad SMARTS) is 1. The van der Waals surface area contributed by atoms with Crippen LogP contribution >= 0.6 is 0 Å². The monoisotopic (exact) mass is 290 g/mol. The molecule has 0 aliphatic rings. The Bertz CT molecular complexity index is 365. The number of aliphatic carboxylic acids is 1. The summed E-state index contributed by atoms with van der Waals surface area (Å²) in [5.41, 5.74) is 0. The van der Waals surface area contributed by atoms with E-state index in [9.17, 15) is 19.2 Å². The molecule has 0 bridgehead atoms. The van der Waals surface area contributed by atoms with Gasteiger partial charge in [0.15, 0.2) is 0 Å². The molecule has 9 heteroatoms. The highest BCUT2D eigenvalue weighted by Gasteiger charge is 2.26. The molecule has 9 nitrogen and oxygen atoms in total. The Morgan fingerprint density at radius 3 is 1.65 bits per heavy atom. The van der Waals surface area contributed by atoms with Crippen molar-refractivity contribution in [3.05, 3.63) is 0 Å². The fourth-order valence-corrected chi connectivity index (χ4v) is 1.31. The zero-order valence-corrected chi connectivity index (χ0v) is 11.6. The van der Waals surface area contributed by atoms with Crippen LogP contribution in [-0.2, 0) is 23.9 Å². The van der Waals surface area contributed by atoms with Gasteiger partial charge in [-0.3, -0.25) is 14.4 Å². The predicted octanol–water partition coefficient (Wildman–Crippen LogP) is -0.839. The topological polar surface area (TPSA) is 113 Å². The van der Waals surface area contributed by atoms with Gasteiger partial charge in [-0.2, -0.15) is 0 Å². The lowest BCUT2D eigenvalue weighted by Crippen LogP contribution is -2.49. The number of rotatable bonds is 7. The van der Waals surface area contributed by atoms with Crippen LogP contribution in [0.4, 0.5) is 4.79 Å². The van der Waals surface area contributed by atoms with Crippen LogP contribution in [0.5, 0.6) is 0 Å². The molecule has 0 heterocycles. The number of amides is 2. The van der Waals surface area contributed by atoms with E-state index in [4.69, 9.17) is 5.11 Å². The van der Waals surface area contributed by atoms with Gasteiger partial charge >= 0.3 is 23.9 Å². The minimum atomic E-state index is -1.20. The molecule has 0 saturated carbocycles. The first-order chi connectivity index (χ1) is 9.35. The second-order valence-corrected chi connectivity index (χ2v) is 3.70. The lowest BCUT2D eigenvalue weighted by Gasteiger charge is -2.27. The number of nitrogens with zero attached hydrogens (tertiary/aromatic N) is 2. The molecule has 0 aromatic rings. The highest BCUT2D eigenvalue weighted by Crippen LogP contribution is 2.01. The number of hydrogen-bond donors (Lipinski definition) is 1. The van der Waals surface area contributed by atoms with Crippen molar-refractivity contribution in [3.8, 4) is 0 Å². The molecule has 0 unspecified atom stereocenters. The van der Waals surface area contributed by atoms with Gasteiger partial charge in [-0.05, 0) is 6.92 Å². The van der Waals surface area contributed by atoms with Crippen LogP contribution in [0.1, 0.15) is 6.92 Å². The molecular formula is C11H18N2O7. The summed E-state index contributed by atoms with van der Waals surface area (Å²) in [6.07, 6.45) is 0. The fourth-order valence-electron chi connectivity index (χ4n) is 1.31.